The maximum absolute atomic E-state index is 13.9. The molecule has 0 aromatic carbocycles. The van der Waals surface area contributed by atoms with Crippen LogP contribution in [0.5, 0.6) is 0 Å². The minimum absolute atomic E-state index is 0.0481. The monoisotopic (exact) mass is 235 g/mol. The standard InChI is InChI=1S/C9H10FN7/c10-5-7(14-9(12)15-8(5)11)6-3-1-13-2-4(3)16-17-6/h1-3,6,16-17H,(H4,11,12,14,15). The Labute approximate surface area is 95.8 Å². The van der Waals surface area contributed by atoms with E-state index in [4.69, 9.17) is 11.5 Å². The van der Waals surface area contributed by atoms with E-state index in [1.165, 1.54) is 0 Å². The normalized spacial score (nSPS) is 25.6. The molecule has 1 saturated heterocycles. The van der Waals surface area contributed by atoms with Crippen LogP contribution >= 0.6 is 0 Å². The number of halogens is 1. The van der Waals surface area contributed by atoms with E-state index in [1.807, 2.05) is 0 Å². The van der Waals surface area contributed by atoms with Gasteiger partial charge in [-0.3, -0.25) is 4.99 Å². The van der Waals surface area contributed by atoms with Crippen LogP contribution in [0.2, 0.25) is 0 Å². The summed E-state index contributed by atoms with van der Waals surface area (Å²) in [4.78, 5) is 11.5. The van der Waals surface area contributed by atoms with Gasteiger partial charge in [-0.05, 0) is 0 Å². The molecule has 0 aliphatic carbocycles. The lowest BCUT2D eigenvalue weighted by atomic mass is 9.98. The van der Waals surface area contributed by atoms with Gasteiger partial charge in [0.1, 0.15) is 5.69 Å². The zero-order valence-corrected chi connectivity index (χ0v) is 8.68. The third-order valence-corrected chi connectivity index (χ3v) is 2.76. The Kier molecular flexibility index (Phi) is 1.99. The van der Waals surface area contributed by atoms with Crippen molar-refractivity contribution in [2.45, 2.75) is 6.04 Å². The highest BCUT2D eigenvalue weighted by molar-refractivity contribution is 5.71. The second-order valence-corrected chi connectivity index (χ2v) is 3.82. The molecule has 7 nitrogen and oxygen atoms in total. The van der Waals surface area contributed by atoms with Gasteiger partial charge in [-0.15, -0.1) is 0 Å². The molecule has 0 spiro atoms. The lowest BCUT2D eigenvalue weighted by molar-refractivity contribution is 0.498. The van der Waals surface area contributed by atoms with Gasteiger partial charge in [0, 0.05) is 12.4 Å². The number of nitrogens with one attached hydrogen (secondary N) is 2. The van der Waals surface area contributed by atoms with Crippen LogP contribution in [-0.2, 0) is 0 Å². The fraction of sp³-hybridized carbons (Fsp3) is 0.222. The molecule has 2 unspecified atom stereocenters. The Bertz CT molecular complexity index is 538. The minimum Gasteiger partial charge on any atom is -0.381 e. The molecule has 2 atom stereocenters. The molecule has 0 radical (unpaired) electrons. The number of hydrazine groups is 1. The second-order valence-electron chi connectivity index (χ2n) is 3.82. The summed E-state index contributed by atoms with van der Waals surface area (Å²) < 4.78 is 13.9. The molecule has 1 aromatic rings. The smallest absolute Gasteiger partial charge is 0.222 e. The summed E-state index contributed by atoms with van der Waals surface area (Å²) in [5.41, 5.74) is 17.7. The molecule has 3 rings (SSSR count). The highest BCUT2D eigenvalue weighted by Gasteiger charge is 2.36. The summed E-state index contributed by atoms with van der Waals surface area (Å²) in [5.74, 6) is -1.03. The number of nitrogens with two attached hydrogens (primary N) is 2. The predicted octanol–water partition coefficient (Wildman–Crippen LogP) is -0.529. The molecule has 0 amide bonds. The first kappa shape index (κ1) is 9.97. The topological polar surface area (TPSA) is 114 Å². The number of aliphatic imine (C=N–C) groups is 1. The molecule has 8 heteroatoms. The third kappa shape index (κ3) is 1.41. The van der Waals surface area contributed by atoms with Gasteiger partial charge in [-0.25, -0.2) is 14.8 Å². The molecule has 0 saturated carbocycles. The van der Waals surface area contributed by atoms with Crippen molar-refractivity contribution in [3.05, 3.63) is 23.4 Å². The molecule has 88 valence electrons. The Balaban J connectivity index is 2.05. The summed E-state index contributed by atoms with van der Waals surface area (Å²) in [6.07, 6.45) is 3.38. The highest BCUT2D eigenvalue weighted by Crippen LogP contribution is 2.33. The first-order chi connectivity index (χ1) is 8.16. The number of nitrogen functional groups attached to an aromatic ring is 2. The largest absolute Gasteiger partial charge is 0.381 e. The number of fused-ring (bicyclic) bond motifs is 1. The van der Waals surface area contributed by atoms with E-state index in [2.05, 4.69) is 25.8 Å². The van der Waals surface area contributed by atoms with Gasteiger partial charge in [0.2, 0.25) is 5.95 Å². The van der Waals surface area contributed by atoms with Crippen LogP contribution in [0.15, 0.2) is 16.9 Å². The third-order valence-electron chi connectivity index (χ3n) is 2.76. The minimum atomic E-state index is -0.653. The average molecular weight is 235 g/mol. The van der Waals surface area contributed by atoms with E-state index < -0.39 is 5.82 Å². The molecule has 1 aromatic heterocycles. The van der Waals surface area contributed by atoms with E-state index in [-0.39, 0.29) is 29.4 Å². The van der Waals surface area contributed by atoms with Gasteiger partial charge >= 0.3 is 0 Å². The quantitative estimate of drug-likeness (QED) is 0.520. The summed E-state index contributed by atoms with van der Waals surface area (Å²) in [6, 6.07) is -0.389. The lowest BCUT2D eigenvalue weighted by Gasteiger charge is -2.14. The summed E-state index contributed by atoms with van der Waals surface area (Å²) in [6.45, 7) is 0. The maximum Gasteiger partial charge on any atom is 0.222 e. The van der Waals surface area contributed by atoms with E-state index >= 15 is 0 Å². The van der Waals surface area contributed by atoms with Crippen molar-refractivity contribution in [3.63, 3.8) is 0 Å². The fourth-order valence-electron chi connectivity index (χ4n) is 1.96. The number of nitrogens with zero attached hydrogens (tertiary/aromatic N) is 3. The van der Waals surface area contributed by atoms with Gasteiger partial charge < -0.3 is 16.9 Å². The van der Waals surface area contributed by atoms with Crippen molar-refractivity contribution >= 4 is 18.0 Å². The van der Waals surface area contributed by atoms with Crippen LogP contribution in [0, 0.1) is 11.7 Å². The predicted molar refractivity (Wildman–Crippen MR) is 59.9 cm³/mol. The average Bonchev–Trinajstić information content (AvgIpc) is 2.85. The summed E-state index contributed by atoms with van der Waals surface area (Å²) >= 11 is 0. The van der Waals surface area contributed by atoms with E-state index in [0.717, 1.165) is 5.70 Å². The summed E-state index contributed by atoms with van der Waals surface area (Å²) in [5, 5.41) is 0. The SMILES string of the molecule is Nc1nc(N)c(F)c(C2NNC3=CN=CC32)n1. The maximum atomic E-state index is 13.9. The van der Waals surface area contributed by atoms with Gasteiger partial charge in [-0.2, -0.15) is 4.98 Å². The van der Waals surface area contributed by atoms with E-state index in [1.54, 1.807) is 12.4 Å². The van der Waals surface area contributed by atoms with Crippen molar-refractivity contribution in [2.75, 3.05) is 11.5 Å². The Morgan fingerprint density at radius 3 is 2.94 bits per heavy atom. The van der Waals surface area contributed by atoms with Crippen molar-refractivity contribution in [3.8, 4) is 0 Å². The molecular formula is C9H10FN7. The number of hydrogen-bond acceptors (Lipinski definition) is 7. The summed E-state index contributed by atoms with van der Waals surface area (Å²) in [7, 11) is 0. The molecule has 3 heterocycles. The van der Waals surface area contributed by atoms with Crippen LogP contribution in [0.4, 0.5) is 16.2 Å². The van der Waals surface area contributed by atoms with Crippen LogP contribution in [0.3, 0.4) is 0 Å². The van der Waals surface area contributed by atoms with Crippen molar-refractivity contribution in [2.24, 2.45) is 10.9 Å². The fourth-order valence-corrected chi connectivity index (χ4v) is 1.96. The zero-order valence-electron chi connectivity index (χ0n) is 8.68. The first-order valence-electron chi connectivity index (χ1n) is 5.00. The van der Waals surface area contributed by atoms with Crippen molar-refractivity contribution < 1.29 is 4.39 Å². The van der Waals surface area contributed by atoms with E-state index in [9.17, 15) is 4.39 Å². The molecule has 1 fully saturated rings. The Morgan fingerprint density at radius 1 is 1.29 bits per heavy atom. The van der Waals surface area contributed by atoms with Crippen LogP contribution in [0.1, 0.15) is 11.7 Å². The van der Waals surface area contributed by atoms with Crippen LogP contribution in [0.25, 0.3) is 0 Å². The number of anilines is 2. The molecule has 0 bridgehead atoms. The second kappa shape index (κ2) is 3.39. The van der Waals surface area contributed by atoms with Crippen LogP contribution < -0.4 is 22.3 Å². The lowest BCUT2D eigenvalue weighted by Crippen LogP contribution is -2.27. The van der Waals surface area contributed by atoms with Crippen molar-refractivity contribution in [1.29, 1.82) is 0 Å². The van der Waals surface area contributed by atoms with Crippen molar-refractivity contribution in [1.82, 2.24) is 20.8 Å². The first-order valence-corrected chi connectivity index (χ1v) is 5.00. The molecular weight excluding hydrogens is 225 g/mol. The Morgan fingerprint density at radius 2 is 2.12 bits per heavy atom. The number of aromatic nitrogens is 2. The zero-order chi connectivity index (χ0) is 12.0. The van der Waals surface area contributed by atoms with Gasteiger partial charge in [0.25, 0.3) is 0 Å². The molecule has 17 heavy (non-hydrogen) atoms. The molecule has 2 aliphatic heterocycles. The van der Waals surface area contributed by atoms with Gasteiger partial charge in [-0.1, -0.05) is 0 Å². The van der Waals surface area contributed by atoms with Gasteiger partial charge in [0.05, 0.1) is 17.7 Å². The van der Waals surface area contributed by atoms with Gasteiger partial charge in [0.15, 0.2) is 11.6 Å². The Hall–Kier alpha value is -2.22. The number of hydrogen-bond donors (Lipinski definition) is 4. The number of rotatable bonds is 1. The highest BCUT2D eigenvalue weighted by atomic mass is 19.1. The molecule has 2 aliphatic rings. The van der Waals surface area contributed by atoms with Crippen LogP contribution in [-0.4, -0.2) is 16.2 Å². The molecule has 6 N–H and O–H groups in total. The van der Waals surface area contributed by atoms with E-state index in [0.29, 0.717) is 0 Å².